The van der Waals surface area contributed by atoms with Gasteiger partial charge in [-0.2, -0.15) is 0 Å². The van der Waals surface area contributed by atoms with Gasteiger partial charge in [0.15, 0.2) is 17.2 Å². The summed E-state index contributed by atoms with van der Waals surface area (Å²) in [5.74, 6) is 0.275. The fourth-order valence-electron chi connectivity index (χ4n) is 3.22. The van der Waals surface area contributed by atoms with Gasteiger partial charge in [-0.15, -0.1) is 0 Å². The summed E-state index contributed by atoms with van der Waals surface area (Å²) in [4.78, 5) is 16.7. The Morgan fingerprint density at radius 1 is 1.03 bits per heavy atom. The Balaban J connectivity index is 1.64. The summed E-state index contributed by atoms with van der Waals surface area (Å²) in [5, 5.41) is 0.424. The molecule has 0 aromatic heterocycles. The van der Waals surface area contributed by atoms with Crippen molar-refractivity contribution < 1.29 is 28.1 Å². The molecule has 3 aromatic carbocycles. The smallest absolute Gasteiger partial charge is 0.363 e. The van der Waals surface area contributed by atoms with E-state index in [4.69, 9.17) is 30.5 Å². The van der Waals surface area contributed by atoms with E-state index >= 15 is 0 Å². The highest BCUT2D eigenvalue weighted by Gasteiger charge is 2.26. The van der Waals surface area contributed by atoms with Crippen molar-refractivity contribution in [2.75, 3.05) is 14.2 Å². The number of hydrogen-bond donors (Lipinski definition) is 0. The van der Waals surface area contributed by atoms with Crippen molar-refractivity contribution in [2.24, 2.45) is 4.99 Å². The summed E-state index contributed by atoms with van der Waals surface area (Å²) >= 11 is 6.18. The zero-order valence-electron chi connectivity index (χ0n) is 17.8. The molecule has 0 atom stereocenters. The van der Waals surface area contributed by atoms with Gasteiger partial charge in [0, 0.05) is 0 Å². The van der Waals surface area contributed by atoms with Gasteiger partial charge in [-0.3, -0.25) is 0 Å². The van der Waals surface area contributed by atoms with Gasteiger partial charge in [0.25, 0.3) is 0 Å². The van der Waals surface area contributed by atoms with Crippen LogP contribution in [0.4, 0.5) is 4.39 Å². The molecule has 168 valence electrons. The van der Waals surface area contributed by atoms with E-state index in [-0.39, 0.29) is 24.0 Å². The van der Waals surface area contributed by atoms with Crippen molar-refractivity contribution in [3.8, 4) is 17.2 Å². The molecule has 0 saturated carbocycles. The lowest BCUT2D eigenvalue weighted by Crippen LogP contribution is -2.05. The van der Waals surface area contributed by atoms with Gasteiger partial charge in [0.05, 0.1) is 24.8 Å². The standard InChI is InChI=1S/C25H19ClFNO5/c1-30-21-12-16(11-20-25(29)33-24(28-20)18-8-3-4-9-19(18)26)13-22(31-2)23(21)32-14-15-6-5-7-17(27)10-15/h3-13H,14H2,1-2H3. The molecule has 3 aromatic rings. The van der Waals surface area contributed by atoms with E-state index in [2.05, 4.69) is 4.99 Å². The highest BCUT2D eigenvalue weighted by molar-refractivity contribution is 6.34. The van der Waals surface area contributed by atoms with Gasteiger partial charge >= 0.3 is 5.97 Å². The molecule has 1 aliphatic rings. The first-order valence-corrected chi connectivity index (χ1v) is 10.3. The van der Waals surface area contributed by atoms with Gasteiger partial charge in [0.1, 0.15) is 12.4 Å². The van der Waals surface area contributed by atoms with E-state index in [0.29, 0.717) is 39.0 Å². The first-order chi connectivity index (χ1) is 16.0. The summed E-state index contributed by atoms with van der Waals surface area (Å²) < 4.78 is 35.5. The Morgan fingerprint density at radius 2 is 1.76 bits per heavy atom. The lowest BCUT2D eigenvalue weighted by molar-refractivity contribution is -0.129. The molecule has 0 spiro atoms. The summed E-state index contributed by atoms with van der Waals surface area (Å²) in [6.07, 6.45) is 1.55. The van der Waals surface area contributed by atoms with E-state index < -0.39 is 5.97 Å². The Labute approximate surface area is 194 Å². The van der Waals surface area contributed by atoms with Crippen LogP contribution in [0.3, 0.4) is 0 Å². The van der Waals surface area contributed by atoms with Crippen molar-refractivity contribution in [2.45, 2.75) is 6.61 Å². The second-order valence-corrected chi connectivity index (χ2v) is 7.40. The van der Waals surface area contributed by atoms with Crippen LogP contribution >= 0.6 is 11.6 Å². The van der Waals surface area contributed by atoms with Gasteiger partial charge in [-0.05, 0) is 53.6 Å². The molecular formula is C25H19ClFNO5. The number of carbonyl (C=O) groups is 1. The minimum atomic E-state index is -0.603. The molecule has 0 saturated heterocycles. The summed E-state index contributed by atoms with van der Waals surface area (Å²) in [6, 6.07) is 16.4. The molecule has 0 bridgehead atoms. The minimum absolute atomic E-state index is 0.0995. The molecular weight excluding hydrogens is 449 g/mol. The molecule has 4 rings (SSSR count). The zero-order chi connectivity index (χ0) is 23.4. The SMILES string of the molecule is COc1cc(C=C2N=C(c3ccccc3Cl)OC2=O)cc(OC)c1OCc1cccc(F)c1. The fourth-order valence-corrected chi connectivity index (χ4v) is 3.44. The molecule has 0 N–H and O–H groups in total. The maximum atomic E-state index is 13.5. The zero-order valence-corrected chi connectivity index (χ0v) is 18.6. The number of hydrogen-bond acceptors (Lipinski definition) is 6. The number of nitrogens with zero attached hydrogens (tertiary/aromatic N) is 1. The number of aliphatic imine (C=N–C) groups is 1. The molecule has 6 nitrogen and oxygen atoms in total. The van der Waals surface area contributed by atoms with Crippen LogP contribution in [0, 0.1) is 5.82 Å². The van der Waals surface area contributed by atoms with Crippen LogP contribution in [0.2, 0.25) is 5.02 Å². The van der Waals surface area contributed by atoms with Gasteiger partial charge in [-0.25, -0.2) is 14.2 Å². The number of carbonyl (C=O) groups excluding carboxylic acids is 1. The van der Waals surface area contributed by atoms with Gasteiger partial charge < -0.3 is 18.9 Å². The van der Waals surface area contributed by atoms with Gasteiger partial charge in [0.2, 0.25) is 11.6 Å². The Morgan fingerprint density at radius 3 is 2.42 bits per heavy atom. The van der Waals surface area contributed by atoms with Crippen LogP contribution in [0.1, 0.15) is 16.7 Å². The third-order valence-electron chi connectivity index (χ3n) is 4.78. The summed E-state index contributed by atoms with van der Waals surface area (Å²) in [6.45, 7) is 0.114. The topological polar surface area (TPSA) is 66.4 Å². The average Bonchev–Trinajstić information content (AvgIpc) is 3.17. The van der Waals surface area contributed by atoms with Crippen molar-refractivity contribution in [1.29, 1.82) is 0 Å². The summed E-state index contributed by atoms with van der Waals surface area (Å²) in [5.41, 5.74) is 1.85. The molecule has 0 fully saturated rings. The number of cyclic esters (lactones) is 1. The number of ether oxygens (including phenoxy) is 4. The fraction of sp³-hybridized carbons (Fsp3) is 0.120. The van der Waals surface area contributed by atoms with Crippen molar-refractivity contribution in [3.63, 3.8) is 0 Å². The van der Waals surface area contributed by atoms with E-state index in [1.165, 1.54) is 26.4 Å². The predicted molar refractivity (Wildman–Crippen MR) is 122 cm³/mol. The number of rotatable bonds is 7. The second kappa shape index (κ2) is 9.75. The van der Waals surface area contributed by atoms with Gasteiger partial charge in [-0.1, -0.05) is 35.9 Å². The second-order valence-electron chi connectivity index (χ2n) is 6.99. The van der Waals surface area contributed by atoms with E-state index in [1.807, 2.05) is 0 Å². The third-order valence-corrected chi connectivity index (χ3v) is 5.11. The number of esters is 1. The van der Waals surface area contributed by atoms with E-state index in [0.717, 1.165) is 0 Å². The highest BCUT2D eigenvalue weighted by atomic mass is 35.5. The molecule has 0 aliphatic carbocycles. The lowest BCUT2D eigenvalue weighted by atomic mass is 10.1. The average molecular weight is 468 g/mol. The molecule has 33 heavy (non-hydrogen) atoms. The van der Waals surface area contributed by atoms with Crippen LogP contribution in [-0.2, 0) is 16.1 Å². The molecule has 0 radical (unpaired) electrons. The Kier molecular flexibility index (Phi) is 6.60. The first-order valence-electron chi connectivity index (χ1n) is 9.89. The first kappa shape index (κ1) is 22.4. The van der Waals surface area contributed by atoms with Crippen molar-refractivity contribution in [1.82, 2.24) is 0 Å². The quantitative estimate of drug-likeness (QED) is 0.343. The normalized spacial score (nSPS) is 14.1. The third kappa shape index (κ3) is 4.99. The van der Waals surface area contributed by atoms with Crippen LogP contribution in [0.5, 0.6) is 17.2 Å². The number of methoxy groups -OCH3 is 2. The van der Waals surface area contributed by atoms with Crippen molar-refractivity contribution >= 4 is 29.5 Å². The molecule has 1 aliphatic heterocycles. The molecule has 0 amide bonds. The van der Waals surface area contributed by atoms with Crippen LogP contribution in [-0.4, -0.2) is 26.1 Å². The highest BCUT2D eigenvalue weighted by Crippen LogP contribution is 2.40. The van der Waals surface area contributed by atoms with Crippen LogP contribution in [0.15, 0.2) is 71.4 Å². The number of benzene rings is 3. The van der Waals surface area contributed by atoms with Crippen LogP contribution < -0.4 is 14.2 Å². The monoisotopic (exact) mass is 467 g/mol. The van der Waals surface area contributed by atoms with E-state index in [9.17, 15) is 9.18 Å². The molecule has 8 heteroatoms. The molecule has 0 unspecified atom stereocenters. The predicted octanol–water partition coefficient (Wildman–Crippen LogP) is 5.42. The largest absolute Gasteiger partial charge is 0.493 e. The van der Waals surface area contributed by atoms with E-state index in [1.54, 1.807) is 54.6 Å². The molecule has 1 heterocycles. The lowest BCUT2D eigenvalue weighted by Gasteiger charge is -2.15. The Bertz CT molecular complexity index is 1250. The summed E-state index contributed by atoms with van der Waals surface area (Å²) in [7, 11) is 2.97. The number of halogens is 2. The minimum Gasteiger partial charge on any atom is -0.493 e. The maximum absolute atomic E-state index is 13.5. The van der Waals surface area contributed by atoms with Crippen molar-refractivity contribution in [3.05, 3.63) is 93.9 Å². The maximum Gasteiger partial charge on any atom is 0.363 e. The van der Waals surface area contributed by atoms with Crippen LogP contribution in [0.25, 0.3) is 6.08 Å². The Hall–Kier alpha value is -3.84.